The zero-order valence-electron chi connectivity index (χ0n) is 10.9. The number of nitrogens with two attached hydrogens (primary N) is 1. The Bertz CT molecular complexity index is 543. The van der Waals surface area contributed by atoms with Gasteiger partial charge in [-0.2, -0.15) is 0 Å². The molecule has 0 spiro atoms. The van der Waals surface area contributed by atoms with E-state index in [1.54, 1.807) is 30.9 Å². The monoisotopic (exact) mass is 265 g/mol. The van der Waals surface area contributed by atoms with E-state index in [2.05, 4.69) is 5.32 Å². The van der Waals surface area contributed by atoms with Crippen LogP contribution >= 0.6 is 0 Å². The van der Waals surface area contributed by atoms with Crippen molar-refractivity contribution in [2.45, 2.75) is 25.9 Å². The molecule has 3 N–H and O–H groups in total. The molecular weight excluding hydrogens is 249 g/mol. The van der Waals surface area contributed by atoms with Gasteiger partial charge in [0.1, 0.15) is 5.82 Å². The molecule has 1 heterocycles. The zero-order valence-corrected chi connectivity index (χ0v) is 10.9. The fraction of sp³-hybridized carbons (Fsp3) is 0.385. The van der Waals surface area contributed by atoms with Gasteiger partial charge < -0.3 is 5.73 Å². The van der Waals surface area contributed by atoms with E-state index >= 15 is 0 Å². The number of anilines is 1. The number of hydrogen-bond donors (Lipinski definition) is 2. The predicted molar refractivity (Wildman–Crippen MR) is 68.5 cm³/mol. The molecule has 2 rings (SSSR count). The van der Waals surface area contributed by atoms with Gasteiger partial charge >= 0.3 is 0 Å². The van der Waals surface area contributed by atoms with E-state index in [-0.39, 0.29) is 24.9 Å². The molecule has 0 bridgehead atoms. The van der Waals surface area contributed by atoms with Crippen LogP contribution in [0.15, 0.2) is 18.2 Å². The van der Waals surface area contributed by atoms with Crippen molar-refractivity contribution in [3.63, 3.8) is 0 Å². The van der Waals surface area contributed by atoms with Gasteiger partial charge in [-0.1, -0.05) is 6.07 Å². The summed E-state index contributed by atoms with van der Waals surface area (Å²) in [7, 11) is 0. The van der Waals surface area contributed by atoms with E-state index in [9.17, 15) is 14.0 Å². The van der Waals surface area contributed by atoms with E-state index in [0.29, 0.717) is 11.3 Å². The lowest BCUT2D eigenvalue weighted by atomic mass is 9.97. The Morgan fingerprint density at radius 1 is 1.42 bits per heavy atom. The Hall–Kier alpha value is -1.95. The molecule has 1 saturated heterocycles. The number of carbonyl (C=O) groups excluding carboxylic acids is 2. The largest absolute Gasteiger partial charge is 0.399 e. The molecule has 0 aromatic heterocycles. The minimum Gasteiger partial charge on any atom is -0.399 e. The maximum absolute atomic E-state index is 13.8. The van der Waals surface area contributed by atoms with Crippen molar-refractivity contribution < 1.29 is 14.0 Å². The Labute approximate surface area is 110 Å². The summed E-state index contributed by atoms with van der Waals surface area (Å²) in [6.07, 6.45) is 0. The fourth-order valence-electron chi connectivity index (χ4n) is 1.98. The van der Waals surface area contributed by atoms with Crippen LogP contribution in [0, 0.1) is 5.82 Å². The fourth-order valence-corrected chi connectivity index (χ4v) is 1.98. The molecule has 0 unspecified atom stereocenters. The molecule has 2 amide bonds. The molecule has 0 atom stereocenters. The molecule has 0 radical (unpaired) electrons. The van der Waals surface area contributed by atoms with Crippen molar-refractivity contribution in [2.24, 2.45) is 0 Å². The van der Waals surface area contributed by atoms with Crippen LogP contribution in [-0.4, -0.2) is 28.8 Å². The second-order valence-electron chi connectivity index (χ2n) is 5.14. The summed E-state index contributed by atoms with van der Waals surface area (Å²) in [5.74, 6) is -1.19. The smallest absolute Gasteiger partial charge is 0.246 e. The second-order valence-corrected chi connectivity index (χ2v) is 5.14. The van der Waals surface area contributed by atoms with E-state index < -0.39 is 11.4 Å². The van der Waals surface area contributed by atoms with Gasteiger partial charge in [0, 0.05) is 17.8 Å². The Balaban J connectivity index is 2.25. The lowest BCUT2D eigenvalue weighted by Crippen LogP contribution is -2.63. The van der Waals surface area contributed by atoms with Gasteiger partial charge in [-0.25, -0.2) is 4.39 Å². The third-order valence-electron chi connectivity index (χ3n) is 3.37. The first-order valence-electron chi connectivity index (χ1n) is 5.94. The van der Waals surface area contributed by atoms with E-state index in [1.807, 2.05) is 0 Å². The minimum absolute atomic E-state index is 0.0581. The maximum atomic E-state index is 13.8. The third-order valence-corrected chi connectivity index (χ3v) is 3.37. The third kappa shape index (κ3) is 2.58. The topological polar surface area (TPSA) is 75.4 Å². The number of rotatable bonds is 2. The first kappa shape index (κ1) is 13.5. The summed E-state index contributed by atoms with van der Waals surface area (Å²) < 4.78 is 13.8. The Kier molecular flexibility index (Phi) is 3.28. The molecule has 1 aromatic rings. The van der Waals surface area contributed by atoms with Crippen molar-refractivity contribution in [1.29, 1.82) is 0 Å². The highest BCUT2D eigenvalue weighted by atomic mass is 19.1. The number of halogens is 1. The van der Waals surface area contributed by atoms with Crippen molar-refractivity contribution in [3.8, 4) is 0 Å². The number of imide groups is 1. The van der Waals surface area contributed by atoms with Crippen molar-refractivity contribution in [3.05, 3.63) is 29.6 Å². The molecule has 102 valence electrons. The molecule has 19 heavy (non-hydrogen) atoms. The highest BCUT2D eigenvalue weighted by molar-refractivity contribution is 6.02. The van der Waals surface area contributed by atoms with Crippen LogP contribution in [0.4, 0.5) is 10.1 Å². The van der Waals surface area contributed by atoms with E-state index in [0.717, 1.165) is 0 Å². The highest BCUT2D eigenvalue weighted by Gasteiger charge is 2.40. The number of nitrogens with one attached hydrogen (secondary N) is 1. The van der Waals surface area contributed by atoms with Crippen LogP contribution in [0.25, 0.3) is 0 Å². The van der Waals surface area contributed by atoms with Gasteiger partial charge in [0.2, 0.25) is 11.8 Å². The average molecular weight is 265 g/mol. The second kappa shape index (κ2) is 4.62. The summed E-state index contributed by atoms with van der Waals surface area (Å²) in [5.41, 5.74) is 5.37. The molecule has 1 aliphatic rings. The molecule has 0 saturated carbocycles. The quantitative estimate of drug-likeness (QED) is 0.608. The molecule has 5 nitrogen and oxygen atoms in total. The number of piperazine rings is 1. The van der Waals surface area contributed by atoms with Gasteiger partial charge in [0.15, 0.2) is 0 Å². The molecule has 1 aliphatic heterocycles. The number of nitrogen functional groups attached to an aromatic ring is 1. The Morgan fingerprint density at radius 3 is 2.74 bits per heavy atom. The van der Waals surface area contributed by atoms with Gasteiger partial charge in [0.05, 0.1) is 12.1 Å². The molecule has 1 aromatic carbocycles. The summed E-state index contributed by atoms with van der Waals surface area (Å²) >= 11 is 0. The Morgan fingerprint density at radius 2 is 2.11 bits per heavy atom. The van der Waals surface area contributed by atoms with Crippen LogP contribution in [0.3, 0.4) is 0 Å². The lowest BCUT2D eigenvalue weighted by Gasteiger charge is -2.40. The lowest BCUT2D eigenvalue weighted by molar-refractivity contribution is -0.145. The highest BCUT2D eigenvalue weighted by Crippen LogP contribution is 2.22. The zero-order chi connectivity index (χ0) is 14.2. The van der Waals surface area contributed by atoms with Crippen LogP contribution in [0.2, 0.25) is 0 Å². The summed E-state index contributed by atoms with van der Waals surface area (Å²) in [6.45, 7) is 3.63. The summed E-state index contributed by atoms with van der Waals surface area (Å²) in [6, 6.07) is 4.39. The van der Waals surface area contributed by atoms with E-state index in [1.165, 1.54) is 6.07 Å². The predicted octanol–water partition coefficient (Wildman–Crippen LogP) is 0.645. The summed E-state index contributed by atoms with van der Waals surface area (Å²) in [5, 5.41) is 2.28. The first-order valence-corrected chi connectivity index (χ1v) is 5.94. The van der Waals surface area contributed by atoms with Crippen molar-refractivity contribution in [2.75, 3.05) is 12.3 Å². The SMILES string of the molecule is CC1(C)C(=O)NC(=O)CN1Cc1ccc(N)cc1F. The van der Waals surface area contributed by atoms with Crippen LogP contribution in [0.1, 0.15) is 19.4 Å². The summed E-state index contributed by atoms with van der Waals surface area (Å²) in [4.78, 5) is 24.8. The normalized spacial score (nSPS) is 19.3. The molecule has 1 fully saturated rings. The number of carbonyl (C=O) groups is 2. The number of hydrogen-bond acceptors (Lipinski definition) is 4. The maximum Gasteiger partial charge on any atom is 0.246 e. The average Bonchev–Trinajstić information content (AvgIpc) is 2.29. The van der Waals surface area contributed by atoms with Crippen LogP contribution in [-0.2, 0) is 16.1 Å². The minimum atomic E-state index is -0.859. The number of nitrogens with zero attached hydrogens (tertiary/aromatic N) is 1. The standard InChI is InChI=1S/C13H16FN3O2/c1-13(2)12(19)16-11(18)7-17(13)6-8-3-4-9(15)5-10(8)14/h3-5H,6-7,15H2,1-2H3,(H,16,18,19). The van der Waals surface area contributed by atoms with Crippen LogP contribution < -0.4 is 11.1 Å². The molecular formula is C13H16FN3O2. The van der Waals surface area contributed by atoms with Gasteiger partial charge in [-0.3, -0.25) is 19.8 Å². The first-order chi connectivity index (χ1) is 8.80. The molecule has 0 aliphatic carbocycles. The van der Waals surface area contributed by atoms with Gasteiger partial charge in [-0.15, -0.1) is 0 Å². The number of benzene rings is 1. The van der Waals surface area contributed by atoms with Crippen molar-refractivity contribution >= 4 is 17.5 Å². The number of amides is 2. The van der Waals surface area contributed by atoms with Gasteiger partial charge in [-0.05, 0) is 26.0 Å². The van der Waals surface area contributed by atoms with Crippen molar-refractivity contribution in [1.82, 2.24) is 10.2 Å². The molecule has 6 heteroatoms. The van der Waals surface area contributed by atoms with Gasteiger partial charge in [0.25, 0.3) is 0 Å². The van der Waals surface area contributed by atoms with E-state index in [4.69, 9.17) is 5.73 Å². The van der Waals surface area contributed by atoms with Crippen LogP contribution in [0.5, 0.6) is 0 Å².